The van der Waals surface area contributed by atoms with Crippen molar-refractivity contribution in [2.24, 2.45) is 5.92 Å². The molecule has 17 heavy (non-hydrogen) atoms. The molecule has 0 aromatic heterocycles. The summed E-state index contributed by atoms with van der Waals surface area (Å²) in [6, 6.07) is 2.22. The summed E-state index contributed by atoms with van der Waals surface area (Å²) in [5.41, 5.74) is 0. The van der Waals surface area contributed by atoms with E-state index in [1.807, 2.05) is 16.8 Å². The molecule has 0 aromatic rings. The lowest BCUT2D eigenvalue weighted by atomic mass is 10.1. The van der Waals surface area contributed by atoms with Crippen molar-refractivity contribution < 1.29 is 4.79 Å². The van der Waals surface area contributed by atoms with E-state index in [0.717, 1.165) is 19.5 Å². The Morgan fingerprint density at radius 3 is 2.71 bits per heavy atom. The molecule has 0 aromatic carbocycles. The molecule has 2 atom stereocenters. The van der Waals surface area contributed by atoms with E-state index in [1.165, 1.54) is 0 Å². The first kappa shape index (κ1) is 14.0. The third-order valence-corrected chi connectivity index (χ3v) is 3.47. The van der Waals surface area contributed by atoms with E-state index < -0.39 is 0 Å². The zero-order valence-corrected chi connectivity index (χ0v) is 11.3. The molecule has 1 aliphatic rings. The maximum Gasteiger partial charge on any atom is 0.241 e. The van der Waals surface area contributed by atoms with Crippen LogP contribution in [0.1, 0.15) is 33.6 Å². The predicted octanol–water partition coefficient (Wildman–Crippen LogP) is 1.48. The van der Waals surface area contributed by atoms with Crippen LogP contribution in [0, 0.1) is 17.2 Å². The summed E-state index contributed by atoms with van der Waals surface area (Å²) in [7, 11) is 1.95. The largest absolute Gasteiger partial charge is 0.341 e. The van der Waals surface area contributed by atoms with Crippen molar-refractivity contribution in [1.29, 1.82) is 5.26 Å². The molecular formula is C13H23N3O. The SMILES string of the molecule is CC(C)CN1CCC(C)N(C)C(CC#N)C1=O. The van der Waals surface area contributed by atoms with E-state index in [1.54, 1.807) is 0 Å². The molecule has 1 heterocycles. The molecule has 0 radical (unpaired) electrons. The van der Waals surface area contributed by atoms with Gasteiger partial charge in [0.1, 0.15) is 6.04 Å². The zero-order valence-electron chi connectivity index (χ0n) is 11.3. The van der Waals surface area contributed by atoms with Crippen molar-refractivity contribution in [2.75, 3.05) is 20.1 Å². The Labute approximate surface area is 104 Å². The molecule has 1 fully saturated rings. The van der Waals surface area contributed by atoms with Crippen LogP contribution in [0.25, 0.3) is 0 Å². The fourth-order valence-electron chi connectivity index (χ4n) is 2.29. The number of nitrogens with zero attached hydrogens (tertiary/aromatic N) is 3. The zero-order chi connectivity index (χ0) is 13.0. The number of carbonyl (C=O) groups excluding carboxylic acids is 1. The first-order valence-corrected chi connectivity index (χ1v) is 6.35. The monoisotopic (exact) mass is 237 g/mol. The van der Waals surface area contributed by atoms with Gasteiger partial charge in [-0.15, -0.1) is 0 Å². The molecule has 0 bridgehead atoms. The second-order valence-electron chi connectivity index (χ2n) is 5.36. The lowest BCUT2D eigenvalue weighted by Gasteiger charge is -2.29. The third kappa shape index (κ3) is 3.44. The summed E-state index contributed by atoms with van der Waals surface area (Å²) in [6.07, 6.45) is 1.27. The average Bonchev–Trinajstić information content (AvgIpc) is 2.35. The number of nitriles is 1. The number of rotatable bonds is 3. The van der Waals surface area contributed by atoms with Gasteiger partial charge in [-0.1, -0.05) is 13.8 Å². The Hall–Kier alpha value is -1.08. The summed E-state index contributed by atoms with van der Waals surface area (Å²) < 4.78 is 0. The molecule has 1 rings (SSSR count). The first-order chi connectivity index (χ1) is 7.97. The molecular weight excluding hydrogens is 214 g/mol. The van der Waals surface area contributed by atoms with Crippen molar-refractivity contribution in [3.05, 3.63) is 0 Å². The molecule has 0 aliphatic carbocycles. The van der Waals surface area contributed by atoms with Gasteiger partial charge < -0.3 is 4.90 Å². The Balaban J connectivity index is 2.84. The summed E-state index contributed by atoms with van der Waals surface area (Å²) in [5.74, 6) is 0.590. The van der Waals surface area contributed by atoms with Crippen molar-refractivity contribution in [3.8, 4) is 6.07 Å². The van der Waals surface area contributed by atoms with E-state index in [9.17, 15) is 4.79 Å². The maximum absolute atomic E-state index is 12.4. The molecule has 2 unspecified atom stereocenters. The van der Waals surface area contributed by atoms with Crippen LogP contribution in [-0.4, -0.2) is 47.9 Å². The highest BCUT2D eigenvalue weighted by atomic mass is 16.2. The van der Waals surface area contributed by atoms with Gasteiger partial charge in [0.2, 0.25) is 5.91 Å². The normalized spacial score (nSPS) is 27.1. The molecule has 0 spiro atoms. The minimum Gasteiger partial charge on any atom is -0.341 e. The number of carbonyl (C=O) groups is 1. The Bertz CT molecular complexity index is 308. The summed E-state index contributed by atoms with van der Waals surface area (Å²) in [6.45, 7) is 7.96. The van der Waals surface area contributed by atoms with Crippen LogP contribution < -0.4 is 0 Å². The number of hydrogen-bond acceptors (Lipinski definition) is 3. The molecule has 1 amide bonds. The van der Waals surface area contributed by atoms with Gasteiger partial charge in [0.05, 0.1) is 12.5 Å². The van der Waals surface area contributed by atoms with Gasteiger partial charge in [0.25, 0.3) is 0 Å². The maximum atomic E-state index is 12.4. The first-order valence-electron chi connectivity index (χ1n) is 6.35. The second-order valence-corrected chi connectivity index (χ2v) is 5.36. The van der Waals surface area contributed by atoms with E-state index >= 15 is 0 Å². The number of likely N-dealkylation sites (N-methyl/N-ethyl adjacent to an activating group) is 1. The summed E-state index contributed by atoms with van der Waals surface area (Å²) >= 11 is 0. The standard InChI is InChI=1S/C13H23N3O/c1-10(2)9-16-8-6-11(3)15(4)12(5-7-14)13(16)17/h10-12H,5-6,8-9H2,1-4H3. The molecule has 4 nitrogen and oxygen atoms in total. The Kier molecular flexibility index (Phi) is 4.95. The van der Waals surface area contributed by atoms with Gasteiger partial charge in [-0.25, -0.2) is 0 Å². The Morgan fingerprint density at radius 1 is 1.53 bits per heavy atom. The van der Waals surface area contributed by atoms with Crippen LogP contribution >= 0.6 is 0 Å². The van der Waals surface area contributed by atoms with Crippen LogP contribution in [0.5, 0.6) is 0 Å². The fraction of sp³-hybridized carbons (Fsp3) is 0.846. The van der Waals surface area contributed by atoms with Crippen molar-refractivity contribution in [3.63, 3.8) is 0 Å². The van der Waals surface area contributed by atoms with Crippen molar-refractivity contribution >= 4 is 5.91 Å². The van der Waals surface area contributed by atoms with Crippen LogP contribution in [0.2, 0.25) is 0 Å². The van der Waals surface area contributed by atoms with Gasteiger partial charge in [-0.2, -0.15) is 5.26 Å². The van der Waals surface area contributed by atoms with E-state index in [-0.39, 0.29) is 18.4 Å². The number of amides is 1. The highest BCUT2D eigenvalue weighted by molar-refractivity contribution is 5.82. The number of hydrogen-bond donors (Lipinski definition) is 0. The smallest absolute Gasteiger partial charge is 0.241 e. The minimum absolute atomic E-state index is 0.118. The third-order valence-electron chi connectivity index (χ3n) is 3.47. The van der Waals surface area contributed by atoms with Gasteiger partial charge in [-0.05, 0) is 26.3 Å². The van der Waals surface area contributed by atoms with E-state index in [0.29, 0.717) is 12.0 Å². The fourth-order valence-corrected chi connectivity index (χ4v) is 2.29. The summed E-state index contributed by atoms with van der Waals surface area (Å²) in [5, 5.41) is 8.85. The summed E-state index contributed by atoms with van der Waals surface area (Å²) in [4.78, 5) is 16.3. The van der Waals surface area contributed by atoms with Crippen LogP contribution in [0.3, 0.4) is 0 Å². The molecule has 0 N–H and O–H groups in total. The topological polar surface area (TPSA) is 47.3 Å². The highest BCUT2D eigenvalue weighted by Crippen LogP contribution is 2.18. The Morgan fingerprint density at radius 2 is 2.18 bits per heavy atom. The van der Waals surface area contributed by atoms with Crippen LogP contribution in [0.4, 0.5) is 0 Å². The van der Waals surface area contributed by atoms with Crippen molar-refractivity contribution in [1.82, 2.24) is 9.80 Å². The quantitative estimate of drug-likeness (QED) is 0.747. The average molecular weight is 237 g/mol. The van der Waals surface area contributed by atoms with Crippen LogP contribution in [0.15, 0.2) is 0 Å². The lowest BCUT2D eigenvalue weighted by Crippen LogP contribution is -2.46. The molecule has 1 saturated heterocycles. The van der Waals surface area contributed by atoms with E-state index in [4.69, 9.17) is 5.26 Å². The lowest BCUT2D eigenvalue weighted by molar-refractivity contribution is -0.135. The van der Waals surface area contributed by atoms with Gasteiger partial charge >= 0.3 is 0 Å². The van der Waals surface area contributed by atoms with Crippen LogP contribution in [-0.2, 0) is 4.79 Å². The predicted molar refractivity (Wildman–Crippen MR) is 67.3 cm³/mol. The van der Waals surface area contributed by atoms with E-state index in [2.05, 4.69) is 26.8 Å². The highest BCUT2D eigenvalue weighted by Gasteiger charge is 2.33. The van der Waals surface area contributed by atoms with Gasteiger partial charge in [0, 0.05) is 19.1 Å². The molecule has 1 aliphatic heterocycles. The van der Waals surface area contributed by atoms with Crippen molar-refractivity contribution in [2.45, 2.75) is 45.7 Å². The molecule has 96 valence electrons. The molecule has 0 saturated carbocycles. The minimum atomic E-state index is -0.267. The van der Waals surface area contributed by atoms with Gasteiger partial charge in [0.15, 0.2) is 0 Å². The van der Waals surface area contributed by atoms with Gasteiger partial charge in [-0.3, -0.25) is 9.69 Å². The molecule has 4 heteroatoms. The second kappa shape index (κ2) is 6.02.